The second-order valence-corrected chi connectivity index (χ2v) is 4.15. The zero-order chi connectivity index (χ0) is 9.84. The van der Waals surface area contributed by atoms with E-state index >= 15 is 0 Å². The van der Waals surface area contributed by atoms with Crippen LogP contribution in [0.2, 0.25) is 0 Å². The number of methoxy groups -OCH3 is 1. The number of ether oxygens (including phenoxy) is 1. The first-order valence-corrected chi connectivity index (χ1v) is 5.24. The van der Waals surface area contributed by atoms with Gasteiger partial charge < -0.3 is 10.5 Å². The summed E-state index contributed by atoms with van der Waals surface area (Å²) in [5.41, 5.74) is 5.55. The van der Waals surface area contributed by atoms with E-state index in [0.717, 1.165) is 9.61 Å². The molecule has 72 valence electrons. The molecule has 4 nitrogen and oxygen atoms in total. The summed E-state index contributed by atoms with van der Waals surface area (Å²) in [6, 6.07) is -0.622. The van der Waals surface area contributed by atoms with E-state index in [-0.39, 0.29) is 0 Å². The van der Waals surface area contributed by atoms with E-state index < -0.39 is 12.0 Å². The van der Waals surface area contributed by atoms with Gasteiger partial charge in [0.15, 0.2) is 0 Å². The summed E-state index contributed by atoms with van der Waals surface area (Å²) in [7, 11) is 1.32. The molecule has 2 N–H and O–H groups in total. The molecule has 0 fully saturated rings. The van der Waals surface area contributed by atoms with Gasteiger partial charge in [-0.05, 0) is 15.9 Å². The van der Waals surface area contributed by atoms with Crippen LogP contribution in [-0.2, 0) is 16.0 Å². The van der Waals surface area contributed by atoms with Crippen molar-refractivity contribution in [3.05, 3.63) is 15.0 Å². The molecule has 1 heterocycles. The summed E-state index contributed by atoms with van der Waals surface area (Å²) in [5.74, 6) is -0.411. The van der Waals surface area contributed by atoms with Crippen LogP contribution < -0.4 is 5.73 Å². The zero-order valence-corrected chi connectivity index (χ0v) is 9.39. The van der Waals surface area contributed by atoms with Crippen LogP contribution in [0.15, 0.2) is 9.98 Å². The van der Waals surface area contributed by atoms with Gasteiger partial charge in [0, 0.05) is 11.8 Å². The van der Waals surface area contributed by atoms with Gasteiger partial charge in [-0.1, -0.05) is 0 Å². The molecule has 0 aliphatic rings. The Hall–Kier alpha value is -0.460. The number of esters is 1. The van der Waals surface area contributed by atoms with Gasteiger partial charge in [-0.25, -0.2) is 4.98 Å². The number of hydrogen-bond donors (Lipinski definition) is 1. The summed E-state index contributed by atoms with van der Waals surface area (Å²) >= 11 is 4.68. The quantitative estimate of drug-likeness (QED) is 0.826. The lowest BCUT2D eigenvalue weighted by Crippen LogP contribution is -2.33. The summed E-state index contributed by atoms with van der Waals surface area (Å²) < 4.78 is 5.26. The molecule has 1 rings (SSSR count). The van der Waals surface area contributed by atoms with E-state index in [1.807, 2.05) is 5.38 Å². The number of hydrogen-bond acceptors (Lipinski definition) is 5. The molecule has 0 aromatic carbocycles. The molecule has 0 saturated carbocycles. The highest BCUT2D eigenvalue weighted by Crippen LogP contribution is 2.15. The molecule has 0 bridgehead atoms. The Bertz CT molecular complexity index is 302. The SMILES string of the molecule is COC(=O)[C@@H](N)Cc1nc(Br)cs1. The normalized spacial score (nSPS) is 12.5. The number of aromatic nitrogens is 1. The standard InChI is InChI=1S/C7H9BrN2O2S/c1-12-7(11)4(9)2-6-10-5(8)3-13-6/h3-4H,2,9H2,1H3/t4-/m0/s1. The second kappa shape index (κ2) is 4.69. The van der Waals surface area contributed by atoms with Crippen molar-refractivity contribution in [3.63, 3.8) is 0 Å². The van der Waals surface area contributed by atoms with Crippen LogP contribution in [0.1, 0.15) is 5.01 Å². The minimum Gasteiger partial charge on any atom is -0.468 e. The van der Waals surface area contributed by atoms with E-state index in [1.165, 1.54) is 18.4 Å². The number of carbonyl (C=O) groups is 1. The summed E-state index contributed by atoms with van der Waals surface area (Å²) in [6.07, 6.45) is 0.420. The molecule has 0 radical (unpaired) electrons. The molecule has 0 amide bonds. The molecule has 0 saturated heterocycles. The molecule has 0 aliphatic heterocycles. The Morgan fingerprint density at radius 1 is 1.92 bits per heavy atom. The predicted octanol–water partition coefficient (Wildman–Crippen LogP) is 0.948. The van der Waals surface area contributed by atoms with Crippen molar-refractivity contribution in [3.8, 4) is 0 Å². The minimum absolute atomic E-state index is 0.411. The van der Waals surface area contributed by atoms with Gasteiger partial charge in [-0.3, -0.25) is 4.79 Å². The van der Waals surface area contributed by atoms with Crippen molar-refractivity contribution in [2.45, 2.75) is 12.5 Å². The van der Waals surface area contributed by atoms with Crippen LogP contribution in [0.5, 0.6) is 0 Å². The molecule has 0 spiro atoms. The van der Waals surface area contributed by atoms with Crippen LogP contribution in [0, 0.1) is 0 Å². The Kier molecular flexibility index (Phi) is 3.83. The van der Waals surface area contributed by atoms with Crippen molar-refractivity contribution in [2.75, 3.05) is 7.11 Å². The molecule has 6 heteroatoms. The summed E-state index contributed by atoms with van der Waals surface area (Å²) in [4.78, 5) is 15.1. The average Bonchev–Trinajstić information content (AvgIpc) is 2.49. The lowest BCUT2D eigenvalue weighted by molar-refractivity contribution is -0.142. The lowest BCUT2D eigenvalue weighted by atomic mass is 10.2. The first kappa shape index (κ1) is 10.6. The van der Waals surface area contributed by atoms with Gasteiger partial charge in [0.1, 0.15) is 10.6 Å². The van der Waals surface area contributed by atoms with Gasteiger partial charge in [-0.15, -0.1) is 11.3 Å². The Labute approximate surface area is 88.2 Å². The topological polar surface area (TPSA) is 65.2 Å². The van der Waals surface area contributed by atoms with Crippen molar-refractivity contribution in [1.82, 2.24) is 4.98 Å². The van der Waals surface area contributed by atoms with Crippen LogP contribution in [0.25, 0.3) is 0 Å². The van der Waals surface area contributed by atoms with Crippen LogP contribution in [0.4, 0.5) is 0 Å². The van der Waals surface area contributed by atoms with Gasteiger partial charge in [0.25, 0.3) is 0 Å². The molecular weight excluding hydrogens is 256 g/mol. The largest absolute Gasteiger partial charge is 0.468 e. The third kappa shape index (κ3) is 3.06. The fraction of sp³-hybridized carbons (Fsp3) is 0.429. The van der Waals surface area contributed by atoms with Crippen LogP contribution >= 0.6 is 27.3 Å². The van der Waals surface area contributed by atoms with E-state index in [9.17, 15) is 4.79 Å². The second-order valence-electron chi connectivity index (χ2n) is 2.40. The van der Waals surface area contributed by atoms with Crippen LogP contribution in [0.3, 0.4) is 0 Å². The predicted molar refractivity (Wildman–Crippen MR) is 53.5 cm³/mol. The number of carbonyl (C=O) groups excluding carboxylic acids is 1. The average molecular weight is 265 g/mol. The zero-order valence-electron chi connectivity index (χ0n) is 6.99. The molecule has 13 heavy (non-hydrogen) atoms. The van der Waals surface area contributed by atoms with Gasteiger partial charge in [0.2, 0.25) is 0 Å². The highest BCUT2D eigenvalue weighted by Gasteiger charge is 2.15. The fourth-order valence-electron chi connectivity index (χ4n) is 0.805. The maximum atomic E-state index is 10.9. The van der Waals surface area contributed by atoms with Crippen LogP contribution in [-0.4, -0.2) is 24.1 Å². The highest BCUT2D eigenvalue weighted by molar-refractivity contribution is 9.10. The first-order valence-electron chi connectivity index (χ1n) is 3.57. The summed E-state index contributed by atoms with van der Waals surface area (Å²) in [5, 5.41) is 2.67. The number of rotatable bonds is 3. The van der Waals surface area contributed by atoms with E-state index in [0.29, 0.717) is 6.42 Å². The van der Waals surface area contributed by atoms with Crippen molar-refractivity contribution >= 4 is 33.2 Å². The lowest BCUT2D eigenvalue weighted by Gasteiger charge is -2.05. The Morgan fingerprint density at radius 2 is 2.62 bits per heavy atom. The highest BCUT2D eigenvalue weighted by atomic mass is 79.9. The molecule has 1 aromatic rings. The third-order valence-electron chi connectivity index (χ3n) is 1.42. The number of thiazole rings is 1. The number of halogens is 1. The third-order valence-corrected chi connectivity index (χ3v) is 3.00. The van der Waals surface area contributed by atoms with Crippen molar-refractivity contribution in [2.24, 2.45) is 5.73 Å². The summed E-state index contributed by atoms with van der Waals surface area (Å²) in [6.45, 7) is 0. The Morgan fingerprint density at radius 3 is 3.08 bits per heavy atom. The number of nitrogens with two attached hydrogens (primary N) is 1. The maximum absolute atomic E-state index is 10.9. The van der Waals surface area contributed by atoms with Gasteiger partial charge in [-0.2, -0.15) is 0 Å². The van der Waals surface area contributed by atoms with E-state index in [2.05, 4.69) is 25.7 Å². The number of nitrogens with zero attached hydrogens (tertiary/aromatic N) is 1. The minimum atomic E-state index is -0.622. The monoisotopic (exact) mass is 264 g/mol. The van der Waals surface area contributed by atoms with E-state index in [4.69, 9.17) is 5.73 Å². The molecule has 0 aliphatic carbocycles. The smallest absolute Gasteiger partial charge is 0.323 e. The molecule has 1 atom stereocenters. The first-order chi connectivity index (χ1) is 6.13. The van der Waals surface area contributed by atoms with Crippen molar-refractivity contribution < 1.29 is 9.53 Å². The van der Waals surface area contributed by atoms with Crippen molar-refractivity contribution in [1.29, 1.82) is 0 Å². The maximum Gasteiger partial charge on any atom is 0.323 e. The van der Waals surface area contributed by atoms with Gasteiger partial charge in [0.05, 0.1) is 12.1 Å². The molecule has 1 aromatic heterocycles. The van der Waals surface area contributed by atoms with Gasteiger partial charge >= 0.3 is 5.97 Å². The Balaban J connectivity index is 2.54. The molecule has 0 unspecified atom stereocenters. The van der Waals surface area contributed by atoms with E-state index in [1.54, 1.807) is 0 Å². The molecular formula is C7H9BrN2O2S. The fourth-order valence-corrected chi connectivity index (χ4v) is 2.13.